The smallest absolute Gasteiger partial charge is 0.331 e. The predicted molar refractivity (Wildman–Crippen MR) is 130 cm³/mol. The zero-order valence-electron chi connectivity index (χ0n) is 18.4. The van der Waals surface area contributed by atoms with Gasteiger partial charge in [0.05, 0.1) is 13.2 Å². The second-order valence-electron chi connectivity index (χ2n) is 7.06. The molecule has 0 aliphatic heterocycles. The minimum absolute atomic E-state index is 0.0469. The van der Waals surface area contributed by atoms with E-state index in [1.807, 2.05) is 23.6 Å². The van der Waals surface area contributed by atoms with Gasteiger partial charge >= 0.3 is 11.7 Å². The maximum absolute atomic E-state index is 12.9. The molecule has 10 nitrogen and oxygen atoms in total. The number of carbonyl (C=O) groups excluding carboxylic acids is 2. The number of aromatic amines is 1. The van der Waals surface area contributed by atoms with Gasteiger partial charge in [-0.25, -0.2) is 9.59 Å². The molecule has 1 aromatic carbocycles. The molecule has 2 heterocycles. The van der Waals surface area contributed by atoms with Crippen molar-refractivity contribution in [3.05, 3.63) is 85.2 Å². The first-order valence-electron chi connectivity index (χ1n) is 10.2. The molecule has 0 bridgehead atoms. The lowest BCUT2D eigenvalue weighted by Crippen LogP contribution is -2.44. The van der Waals surface area contributed by atoms with E-state index in [0.717, 1.165) is 19.9 Å². The second-order valence-corrected chi connectivity index (χ2v) is 8.04. The summed E-state index contributed by atoms with van der Waals surface area (Å²) in [5.74, 6) is -1.60. The van der Waals surface area contributed by atoms with E-state index in [1.54, 1.807) is 30.3 Å². The lowest BCUT2D eigenvalue weighted by atomic mass is 10.2. The number of nitrogen functional groups attached to an aromatic ring is 1. The molecule has 2 aromatic heterocycles. The van der Waals surface area contributed by atoms with Gasteiger partial charge in [-0.3, -0.25) is 24.0 Å². The molecular weight excluding hydrogens is 460 g/mol. The molecule has 0 aliphatic carbocycles. The molecule has 0 radical (unpaired) electrons. The summed E-state index contributed by atoms with van der Waals surface area (Å²) in [6.45, 7) is -0.512. The molecule has 11 heteroatoms. The number of methoxy groups -OCH3 is 1. The van der Waals surface area contributed by atoms with Gasteiger partial charge in [0.1, 0.15) is 5.82 Å². The molecule has 3 rings (SSSR count). The summed E-state index contributed by atoms with van der Waals surface area (Å²) in [6.07, 6.45) is 2.78. The SMILES string of the molecule is COCCN(C(=O)COC(=O)/C=C/c1cccs1)c1c(N)n(Cc2ccccc2)c(=O)[nH]c1=O. The van der Waals surface area contributed by atoms with E-state index in [9.17, 15) is 19.2 Å². The maximum Gasteiger partial charge on any atom is 0.331 e. The molecule has 34 heavy (non-hydrogen) atoms. The van der Waals surface area contributed by atoms with Crippen LogP contribution in [0.2, 0.25) is 0 Å². The minimum atomic E-state index is -0.833. The first kappa shape index (κ1) is 24.7. The van der Waals surface area contributed by atoms with Crippen molar-refractivity contribution in [3.8, 4) is 0 Å². The Labute approximate surface area is 198 Å². The van der Waals surface area contributed by atoms with Crippen LogP contribution in [-0.4, -0.2) is 48.3 Å². The van der Waals surface area contributed by atoms with Gasteiger partial charge in [-0.05, 0) is 23.1 Å². The third kappa shape index (κ3) is 6.30. The normalized spacial score (nSPS) is 11.0. The van der Waals surface area contributed by atoms with E-state index in [-0.39, 0.29) is 31.2 Å². The van der Waals surface area contributed by atoms with E-state index in [2.05, 4.69) is 4.98 Å². The lowest BCUT2D eigenvalue weighted by molar-refractivity contribution is -0.142. The number of ether oxygens (including phenoxy) is 2. The van der Waals surface area contributed by atoms with E-state index < -0.39 is 29.7 Å². The van der Waals surface area contributed by atoms with Crippen LogP contribution < -0.4 is 21.9 Å². The zero-order valence-corrected chi connectivity index (χ0v) is 19.2. The van der Waals surface area contributed by atoms with Crippen LogP contribution in [0, 0.1) is 0 Å². The highest BCUT2D eigenvalue weighted by Crippen LogP contribution is 2.18. The van der Waals surface area contributed by atoms with Crippen LogP contribution in [0.15, 0.2) is 63.5 Å². The predicted octanol–water partition coefficient (Wildman–Crippen LogP) is 1.46. The monoisotopic (exact) mass is 484 g/mol. The van der Waals surface area contributed by atoms with Crippen molar-refractivity contribution in [2.75, 3.05) is 37.5 Å². The number of benzene rings is 1. The molecule has 0 unspecified atom stereocenters. The molecule has 178 valence electrons. The fourth-order valence-electron chi connectivity index (χ4n) is 3.10. The van der Waals surface area contributed by atoms with Crippen LogP contribution >= 0.6 is 11.3 Å². The van der Waals surface area contributed by atoms with Crippen molar-refractivity contribution < 1.29 is 19.1 Å². The van der Waals surface area contributed by atoms with Crippen molar-refractivity contribution in [2.24, 2.45) is 0 Å². The highest BCUT2D eigenvalue weighted by Gasteiger charge is 2.25. The number of hydrogen-bond donors (Lipinski definition) is 2. The van der Waals surface area contributed by atoms with Gasteiger partial charge in [0.25, 0.3) is 11.5 Å². The molecule has 0 saturated heterocycles. The summed E-state index contributed by atoms with van der Waals surface area (Å²) < 4.78 is 11.2. The number of aromatic nitrogens is 2. The summed E-state index contributed by atoms with van der Waals surface area (Å²) >= 11 is 1.44. The fourth-order valence-corrected chi connectivity index (χ4v) is 3.72. The second kappa shape index (κ2) is 11.8. The molecule has 0 fully saturated rings. The van der Waals surface area contributed by atoms with Crippen molar-refractivity contribution in [1.82, 2.24) is 9.55 Å². The first-order valence-corrected chi connectivity index (χ1v) is 11.1. The molecule has 0 saturated carbocycles. The van der Waals surface area contributed by atoms with Crippen molar-refractivity contribution in [1.29, 1.82) is 0 Å². The summed E-state index contributed by atoms with van der Waals surface area (Å²) in [5, 5.41) is 1.86. The summed E-state index contributed by atoms with van der Waals surface area (Å²) in [6, 6.07) is 12.7. The van der Waals surface area contributed by atoms with Gasteiger partial charge in [-0.1, -0.05) is 36.4 Å². The average molecular weight is 485 g/mol. The number of nitrogens with zero attached hydrogens (tertiary/aromatic N) is 2. The Morgan fingerprint density at radius 1 is 1.18 bits per heavy atom. The molecule has 3 N–H and O–H groups in total. The molecule has 0 spiro atoms. The number of thiophene rings is 1. The largest absolute Gasteiger partial charge is 0.452 e. The molecule has 3 aromatic rings. The van der Waals surface area contributed by atoms with Crippen LogP contribution in [0.1, 0.15) is 10.4 Å². The van der Waals surface area contributed by atoms with Crippen LogP contribution in [0.25, 0.3) is 6.08 Å². The van der Waals surface area contributed by atoms with E-state index in [0.29, 0.717) is 0 Å². The average Bonchev–Trinajstić information content (AvgIpc) is 3.35. The summed E-state index contributed by atoms with van der Waals surface area (Å²) in [7, 11) is 1.43. The topological polar surface area (TPSA) is 137 Å². The molecule has 1 amide bonds. The number of anilines is 2. The van der Waals surface area contributed by atoms with E-state index >= 15 is 0 Å². The standard InChI is InChI=1S/C23H24N4O6S/c1-32-12-11-26(18(28)15-33-19(29)10-9-17-8-5-13-34-17)20-21(24)27(23(31)25-22(20)30)14-16-6-3-2-4-7-16/h2-10,13H,11-12,14-15,24H2,1H3,(H,25,30,31)/b10-9+. The Bertz CT molecular complexity index is 1260. The zero-order chi connectivity index (χ0) is 24.5. The van der Waals surface area contributed by atoms with Crippen LogP contribution in [-0.2, 0) is 25.6 Å². The third-order valence-corrected chi connectivity index (χ3v) is 5.59. The summed E-state index contributed by atoms with van der Waals surface area (Å²) in [5.41, 5.74) is 5.20. The Morgan fingerprint density at radius 3 is 2.62 bits per heavy atom. The van der Waals surface area contributed by atoms with Crippen LogP contribution in [0.5, 0.6) is 0 Å². The number of hydrogen-bond acceptors (Lipinski definition) is 8. The number of nitrogens with two attached hydrogens (primary N) is 1. The van der Waals surface area contributed by atoms with E-state index in [4.69, 9.17) is 15.2 Å². The van der Waals surface area contributed by atoms with Crippen molar-refractivity contribution >= 4 is 40.8 Å². The molecule has 0 atom stereocenters. The number of carbonyl (C=O) groups is 2. The number of H-pyrrole nitrogens is 1. The van der Waals surface area contributed by atoms with Crippen molar-refractivity contribution in [3.63, 3.8) is 0 Å². The number of amides is 1. The highest BCUT2D eigenvalue weighted by atomic mass is 32.1. The van der Waals surface area contributed by atoms with Crippen molar-refractivity contribution in [2.45, 2.75) is 6.54 Å². The van der Waals surface area contributed by atoms with E-state index in [1.165, 1.54) is 24.5 Å². The Kier molecular flexibility index (Phi) is 8.54. The number of rotatable bonds is 10. The quantitative estimate of drug-likeness (QED) is 0.328. The summed E-state index contributed by atoms with van der Waals surface area (Å²) in [4.78, 5) is 54.1. The van der Waals surface area contributed by atoms with Crippen LogP contribution in [0.3, 0.4) is 0 Å². The van der Waals surface area contributed by atoms with Gasteiger partial charge in [0.15, 0.2) is 12.3 Å². The van der Waals surface area contributed by atoms with Gasteiger partial charge in [-0.15, -0.1) is 11.3 Å². The van der Waals surface area contributed by atoms with Crippen LogP contribution in [0.4, 0.5) is 11.5 Å². The number of nitrogens with one attached hydrogen (secondary N) is 1. The Morgan fingerprint density at radius 2 is 1.94 bits per heavy atom. The van der Waals surface area contributed by atoms with Gasteiger partial charge in [0.2, 0.25) is 0 Å². The third-order valence-electron chi connectivity index (χ3n) is 4.75. The molecule has 0 aliphatic rings. The maximum atomic E-state index is 12.9. The highest BCUT2D eigenvalue weighted by molar-refractivity contribution is 7.10. The van der Waals surface area contributed by atoms with Gasteiger partial charge in [-0.2, -0.15) is 0 Å². The molecular formula is C23H24N4O6S. The minimum Gasteiger partial charge on any atom is -0.452 e. The number of esters is 1. The Hall–Kier alpha value is -3.96. The van der Waals surface area contributed by atoms with Gasteiger partial charge in [0, 0.05) is 24.6 Å². The lowest BCUT2D eigenvalue weighted by Gasteiger charge is -2.24. The van der Waals surface area contributed by atoms with Gasteiger partial charge < -0.3 is 15.2 Å². The fraction of sp³-hybridized carbons (Fsp3) is 0.217. The Balaban J connectivity index is 1.84. The first-order chi connectivity index (χ1) is 16.4.